The number of ether oxygens (including phenoxy) is 2. The summed E-state index contributed by atoms with van der Waals surface area (Å²) < 4.78 is 37.4. The van der Waals surface area contributed by atoms with E-state index in [0.717, 1.165) is 10.6 Å². The van der Waals surface area contributed by atoms with Crippen molar-refractivity contribution in [2.24, 2.45) is 5.92 Å². The molecule has 0 aliphatic carbocycles. The van der Waals surface area contributed by atoms with E-state index < -0.39 is 67.0 Å². The van der Waals surface area contributed by atoms with Crippen molar-refractivity contribution in [2.45, 2.75) is 70.1 Å². The van der Waals surface area contributed by atoms with Gasteiger partial charge in [-0.05, 0) is 38.8 Å². The quantitative estimate of drug-likeness (QED) is 0.207. The molecule has 210 valence electrons. The molecule has 0 bridgehead atoms. The highest BCUT2D eigenvalue weighted by molar-refractivity contribution is 7.52. The molecule has 0 saturated carbocycles. The van der Waals surface area contributed by atoms with Crippen LogP contribution in [0.5, 0.6) is 5.75 Å². The fraction of sp³-hybridized carbons (Fsp3) is 0.542. The highest BCUT2D eigenvalue weighted by atomic mass is 35.5. The number of hydrogen-bond acceptors (Lipinski definition) is 9. The summed E-state index contributed by atoms with van der Waals surface area (Å²) >= 11 is 6.56. The molecule has 6 atom stereocenters. The lowest BCUT2D eigenvalue weighted by Gasteiger charge is -2.28. The van der Waals surface area contributed by atoms with E-state index in [2.05, 4.69) is 10.1 Å². The van der Waals surface area contributed by atoms with E-state index in [4.69, 9.17) is 30.1 Å². The number of carbonyl (C=O) groups excluding carboxylic acids is 1. The number of para-hydroxylation sites is 1. The Labute approximate surface area is 224 Å². The van der Waals surface area contributed by atoms with Gasteiger partial charge in [-0.15, -0.1) is 11.6 Å². The van der Waals surface area contributed by atoms with Crippen molar-refractivity contribution in [3.05, 3.63) is 63.4 Å². The molecule has 0 radical (unpaired) electrons. The van der Waals surface area contributed by atoms with Crippen molar-refractivity contribution in [1.82, 2.24) is 14.6 Å². The zero-order valence-electron chi connectivity index (χ0n) is 21.7. The van der Waals surface area contributed by atoms with Gasteiger partial charge in [-0.3, -0.25) is 23.7 Å². The molecule has 3 rings (SSSR count). The SMILES string of the molecule is CC(C)OC(=O)[C@@H](N[P@@](=O)(OC[C@H]1O[C@@H](n2ccc(=O)[nH]c2=O)[C@](C)(Cl)[C@@H]1O)Oc1ccccc1)C(C)C. The molecule has 2 heterocycles. The van der Waals surface area contributed by atoms with Crippen LogP contribution in [0.1, 0.15) is 40.8 Å². The van der Waals surface area contributed by atoms with Gasteiger partial charge in [0.25, 0.3) is 5.56 Å². The van der Waals surface area contributed by atoms with Crippen LogP contribution in [-0.2, 0) is 23.4 Å². The van der Waals surface area contributed by atoms with Crippen molar-refractivity contribution in [3.8, 4) is 5.75 Å². The number of aromatic nitrogens is 2. The Morgan fingerprint density at radius 1 is 1.24 bits per heavy atom. The van der Waals surface area contributed by atoms with Crippen LogP contribution in [0, 0.1) is 5.92 Å². The standard InChI is InChI=1S/C24H33ClN3O9P/c1-14(2)19(21(31)35-15(3)4)27-38(33,37-16-9-7-6-8-10-16)34-13-17-20(30)24(5,25)22(36-17)28-12-11-18(29)26-23(28)32/h6-12,14-15,17,19-20,22,30H,13H2,1-5H3,(H,27,33)(H,26,29,32)/t17-,19+,20-,22-,24-,38-/m1/s1. The molecule has 1 aromatic carbocycles. The first-order valence-electron chi connectivity index (χ1n) is 12.0. The van der Waals surface area contributed by atoms with E-state index >= 15 is 0 Å². The maximum absolute atomic E-state index is 13.9. The number of rotatable bonds is 11. The summed E-state index contributed by atoms with van der Waals surface area (Å²) in [4.78, 5) is 37.1. The third kappa shape index (κ3) is 7.13. The van der Waals surface area contributed by atoms with Crippen LogP contribution >= 0.6 is 19.3 Å². The second-order valence-corrected chi connectivity index (χ2v) is 12.2. The number of halogens is 1. The number of benzene rings is 1. The van der Waals surface area contributed by atoms with E-state index in [1.54, 1.807) is 58.0 Å². The van der Waals surface area contributed by atoms with Gasteiger partial charge in [0.15, 0.2) is 6.23 Å². The summed E-state index contributed by atoms with van der Waals surface area (Å²) in [5.74, 6) is -0.789. The van der Waals surface area contributed by atoms with E-state index in [-0.39, 0.29) is 11.7 Å². The van der Waals surface area contributed by atoms with E-state index in [1.165, 1.54) is 13.1 Å². The van der Waals surface area contributed by atoms with Crippen molar-refractivity contribution in [3.63, 3.8) is 0 Å². The fourth-order valence-corrected chi connectivity index (χ4v) is 5.76. The van der Waals surface area contributed by atoms with Crippen LogP contribution in [0.15, 0.2) is 52.2 Å². The molecular weight excluding hydrogens is 541 g/mol. The van der Waals surface area contributed by atoms with E-state index in [9.17, 15) is 24.1 Å². The van der Waals surface area contributed by atoms with Gasteiger partial charge in [-0.25, -0.2) is 9.36 Å². The summed E-state index contributed by atoms with van der Waals surface area (Å²) in [6.07, 6.45) is -2.94. The minimum atomic E-state index is -4.28. The first-order valence-corrected chi connectivity index (χ1v) is 14.0. The largest absolute Gasteiger partial charge is 0.462 e. The van der Waals surface area contributed by atoms with Gasteiger partial charge in [0.05, 0.1) is 12.7 Å². The van der Waals surface area contributed by atoms with Gasteiger partial charge in [0.2, 0.25) is 0 Å². The second kappa shape index (κ2) is 12.1. The van der Waals surface area contributed by atoms with Crippen LogP contribution in [0.3, 0.4) is 0 Å². The van der Waals surface area contributed by atoms with Gasteiger partial charge in [0, 0.05) is 12.3 Å². The normalized spacial score (nSPS) is 25.8. The molecule has 1 aliphatic heterocycles. The average Bonchev–Trinajstić information content (AvgIpc) is 3.05. The number of aliphatic hydroxyl groups is 1. The molecular formula is C24H33ClN3O9P. The Balaban J connectivity index is 1.85. The van der Waals surface area contributed by atoms with Crippen LogP contribution in [0.25, 0.3) is 0 Å². The Bertz CT molecular complexity index is 1260. The minimum Gasteiger partial charge on any atom is -0.462 e. The Morgan fingerprint density at radius 3 is 2.47 bits per heavy atom. The lowest BCUT2D eigenvalue weighted by molar-refractivity contribution is -0.150. The second-order valence-electron chi connectivity index (χ2n) is 9.67. The van der Waals surface area contributed by atoms with Crippen LogP contribution in [0.2, 0.25) is 0 Å². The number of aromatic amines is 1. The number of hydrogen-bond donors (Lipinski definition) is 3. The number of alkyl halides is 1. The topological polar surface area (TPSA) is 158 Å². The van der Waals surface area contributed by atoms with Crippen molar-refractivity contribution < 1.29 is 33.0 Å². The summed E-state index contributed by atoms with van der Waals surface area (Å²) in [5.41, 5.74) is -1.40. The monoisotopic (exact) mass is 573 g/mol. The summed E-state index contributed by atoms with van der Waals surface area (Å²) in [7, 11) is -4.28. The Morgan fingerprint density at radius 2 is 1.89 bits per heavy atom. The molecule has 0 unspecified atom stereocenters. The molecule has 14 heteroatoms. The number of H-pyrrole nitrogens is 1. The maximum Gasteiger partial charge on any atom is 0.459 e. The molecule has 3 N–H and O–H groups in total. The zero-order valence-corrected chi connectivity index (χ0v) is 23.3. The van der Waals surface area contributed by atoms with Crippen LogP contribution in [-0.4, -0.2) is 56.5 Å². The van der Waals surface area contributed by atoms with E-state index in [0.29, 0.717) is 0 Å². The number of nitrogens with zero attached hydrogens (tertiary/aromatic N) is 1. The molecule has 1 saturated heterocycles. The molecule has 2 aromatic rings. The number of carbonyl (C=O) groups is 1. The number of esters is 1. The molecule has 1 fully saturated rings. The number of aliphatic hydroxyl groups excluding tert-OH is 1. The van der Waals surface area contributed by atoms with Crippen LogP contribution < -0.4 is 20.9 Å². The van der Waals surface area contributed by atoms with Crippen molar-refractivity contribution in [1.29, 1.82) is 0 Å². The molecule has 12 nitrogen and oxygen atoms in total. The van der Waals surface area contributed by atoms with Crippen LogP contribution in [0.4, 0.5) is 0 Å². The fourth-order valence-electron chi connectivity index (χ4n) is 3.79. The molecule has 0 amide bonds. The lowest BCUT2D eigenvalue weighted by atomic mass is 10.0. The van der Waals surface area contributed by atoms with Gasteiger partial charge < -0.3 is 19.1 Å². The molecule has 38 heavy (non-hydrogen) atoms. The van der Waals surface area contributed by atoms with Crippen molar-refractivity contribution in [2.75, 3.05) is 6.61 Å². The third-order valence-electron chi connectivity index (χ3n) is 5.77. The average molecular weight is 574 g/mol. The minimum absolute atomic E-state index is 0.204. The molecule has 1 aromatic heterocycles. The molecule has 1 aliphatic rings. The highest BCUT2D eigenvalue weighted by Crippen LogP contribution is 2.48. The van der Waals surface area contributed by atoms with Gasteiger partial charge in [-0.2, -0.15) is 5.09 Å². The summed E-state index contributed by atoms with van der Waals surface area (Å²) in [5, 5.41) is 13.6. The van der Waals surface area contributed by atoms with Crippen molar-refractivity contribution >= 4 is 25.3 Å². The first-order chi connectivity index (χ1) is 17.7. The zero-order chi connectivity index (χ0) is 28.3. The highest BCUT2D eigenvalue weighted by Gasteiger charge is 2.54. The Kier molecular flexibility index (Phi) is 9.62. The summed E-state index contributed by atoms with van der Waals surface area (Å²) in [6, 6.07) is 8.26. The predicted octanol–water partition coefficient (Wildman–Crippen LogP) is 2.56. The van der Waals surface area contributed by atoms with Gasteiger partial charge in [-0.1, -0.05) is 32.0 Å². The Hall–Kier alpha value is -2.47. The smallest absolute Gasteiger partial charge is 0.459 e. The lowest BCUT2D eigenvalue weighted by Crippen LogP contribution is -2.44. The number of nitrogens with one attached hydrogen (secondary N) is 2. The maximum atomic E-state index is 13.9. The third-order valence-corrected chi connectivity index (χ3v) is 7.71. The van der Waals surface area contributed by atoms with Gasteiger partial charge in [0.1, 0.15) is 28.9 Å². The molecule has 0 spiro atoms. The van der Waals surface area contributed by atoms with Gasteiger partial charge >= 0.3 is 19.4 Å². The first kappa shape index (κ1) is 30.1. The predicted molar refractivity (Wildman–Crippen MR) is 139 cm³/mol. The summed E-state index contributed by atoms with van der Waals surface area (Å²) in [6.45, 7) is 7.83. The van der Waals surface area contributed by atoms with E-state index in [1.807, 2.05) is 0 Å².